The van der Waals surface area contributed by atoms with Gasteiger partial charge in [-0.05, 0) is 6.08 Å². The molecule has 0 fully saturated rings. The van der Waals surface area contributed by atoms with Gasteiger partial charge in [0.1, 0.15) is 6.29 Å². The first-order chi connectivity index (χ1) is 8.91. The molecule has 0 aliphatic rings. The Labute approximate surface area is 109 Å². The van der Waals surface area contributed by atoms with E-state index in [-0.39, 0.29) is 0 Å². The molecule has 0 aliphatic carbocycles. The van der Waals surface area contributed by atoms with Gasteiger partial charge in [0, 0.05) is 0 Å². The summed E-state index contributed by atoms with van der Waals surface area (Å²) in [5.74, 6) is 0. The second-order valence-electron chi connectivity index (χ2n) is 3.07. The van der Waals surface area contributed by atoms with Crippen LogP contribution in [0.15, 0.2) is 97.7 Å². The molecule has 0 aromatic heterocycles. The Kier molecular flexibility index (Phi) is 12.6. The van der Waals surface area contributed by atoms with E-state index in [9.17, 15) is 4.79 Å². The van der Waals surface area contributed by atoms with Gasteiger partial charge in [-0.25, -0.2) is 0 Å². The van der Waals surface area contributed by atoms with Gasteiger partial charge in [0.05, 0.1) is 0 Å². The molecule has 18 heavy (non-hydrogen) atoms. The van der Waals surface area contributed by atoms with E-state index in [1.165, 1.54) is 6.08 Å². The Balaban J connectivity index is 3.82. The monoisotopic (exact) mass is 238 g/mol. The van der Waals surface area contributed by atoms with Crippen molar-refractivity contribution in [2.45, 2.75) is 0 Å². The third kappa shape index (κ3) is 13.6. The fraction of sp³-hybridized carbons (Fsp3) is 0. The van der Waals surface area contributed by atoms with Crippen molar-refractivity contribution in [1.82, 2.24) is 0 Å². The van der Waals surface area contributed by atoms with Crippen LogP contribution in [0.2, 0.25) is 0 Å². The molecule has 0 atom stereocenters. The van der Waals surface area contributed by atoms with Crippen molar-refractivity contribution >= 4 is 6.29 Å². The zero-order valence-corrected chi connectivity index (χ0v) is 10.4. The third-order valence-corrected chi connectivity index (χ3v) is 1.66. The molecular weight excluding hydrogens is 220 g/mol. The lowest BCUT2D eigenvalue weighted by atomic mass is 10.3. The number of rotatable bonds is 8. The van der Waals surface area contributed by atoms with Gasteiger partial charge in [0.15, 0.2) is 0 Å². The van der Waals surface area contributed by atoms with E-state index in [0.717, 1.165) is 6.29 Å². The van der Waals surface area contributed by atoms with Gasteiger partial charge in [-0.3, -0.25) is 4.79 Å². The predicted molar refractivity (Wildman–Crippen MR) is 80.2 cm³/mol. The second kappa shape index (κ2) is 14.6. The van der Waals surface area contributed by atoms with E-state index in [0.29, 0.717) is 0 Å². The molecule has 0 N–H and O–H groups in total. The smallest absolute Gasteiger partial charge is 0.142 e. The van der Waals surface area contributed by atoms with Crippen molar-refractivity contribution in [2.75, 3.05) is 0 Å². The Morgan fingerprint density at radius 1 is 0.444 bits per heavy atom. The SMILES string of the molecule is C=CC=CC=CC=CC=CC=CC=CC=CC=O. The van der Waals surface area contributed by atoms with Gasteiger partial charge in [-0.1, -0.05) is 91.6 Å². The average molecular weight is 238 g/mol. The zero-order valence-electron chi connectivity index (χ0n) is 10.4. The highest BCUT2D eigenvalue weighted by Crippen LogP contribution is 1.85. The highest BCUT2D eigenvalue weighted by molar-refractivity contribution is 5.65. The lowest BCUT2D eigenvalue weighted by Crippen LogP contribution is -1.56. The summed E-state index contributed by atoms with van der Waals surface area (Å²) in [6.07, 6.45) is 28.5. The van der Waals surface area contributed by atoms with Crippen LogP contribution in [0.5, 0.6) is 0 Å². The van der Waals surface area contributed by atoms with Crippen molar-refractivity contribution < 1.29 is 4.79 Å². The van der Waals surface area contributed by atoms with Gasteiger partial charge >= 0.3 is 0 Å². The summed E-state index contributed by atoms with van der Waals surface area (Å²) in [5.41, 5.74) is 0. The number of hydrogen-bond acceptors (Lipinski definition) is 1. The lowest BCUT2D eigenvalue weighted by molar-refractivity contribution is -0.104. The van der Waals surface area contributed by atoms with Crippen molar-refractivity contribution in [3.63, 3.8) is 0 Å². The van der Waals surface area contributed by atoms with Crippen LogP contribution in [-0.4, -0.2) is 6.29 Å². The van der Waals surface area contributed by atoms with E-state index < -0.39 is 0 Å². The van der Waals surface area contributed by atoms with Gasteiger partial charge in [0.2, 0.25) is 0 Å². The molecule has 0 amide bonds. The minimum atomic E-state index is 0.747. The van der Waals surface area contributed by atoms with Crippen LogP contribution in [-0.2, 0) is 4.79 Å². The molecule has 1 nitrogen and oxygen atoms in total. The number of hydrogen-bond donors (Lipinski definition) is 0. The Morgan fingerprint density at radius 2 is 0.722 bits per heavy atom. The van der Waals surface area contributed by atoms with Gasteiger partial charge < -0.3 is 0 Å². The van der Waals surface area contributed by atoms with Crippen molar-refractivity contribution in [3.05, 3.63) is 97.7 Å². The molecule has 0 saturated carbocycles. The third-order valence-electron chi connectivity index (χ3n) is 1.66. The first-order valence-electron chi connectivity index (χ1n) is 5.64. The average Bonchev–Trinajstić information content (AvgIpc) is 2.39. The molecule has 0 bridgehead atoms. The number of allylic oxidation sites excluding steroid dienone is 15. The lowest BCUT2D eigenvalue weighted by Gasteiger charge is -1.74. The van der Waals surface area contributed by atoms with Crippen molar-refractivity contribution in [3.8, 4) is 0 Å². The molecule has 0 radical (unpaired) electrons. The summed E-state index contributed by atoms with van der Waals surface area (Å²) in [4.78, 5) is 9.95. The minimum Gasteiger partial charge on any atom is -0.299 e. The maximum atomic E-state index is 9.95. The highest BCUT2D eigenvalue weighted by atomic mass is 16.1. The van der Waals surface area contributed by atoms with Crippen LogP contribution in [0.4, 0.5) is 0 Å². The van der Waals surface area contributed by atoms with Gasteiger partial charge in [-0.2, -0.15) is 0 Å². The van der Waals surface area contributed by atoms with E-state index >= 15 is 0 Å². The second-order valence-corrected chi connectivity index (χ2v) is 3.07. The maximum Gasteiger partial charge on any atom is 0.142 e. The Morgan fingerprint density at radius 3 is 1.00 bits per heavy atom. The number of carbonyl (C=O) groups excluding carboxylic acids is 1. The standard InChI is InChI=1S/C17H18O/c1-2-3-4-5-6-7-8-9-10-11-12-13-14-15-16-17-18/h2-17H,1H2. The normalized spacial score (nSPS) is 13.6. The predicted octanol–water partition coefficient (Wildman–Crippen LogP) is 4.26. The first kappa shape index (κ1) is 15.6. The highest BCUT2D eigenvalue weighted by Gasteiger charge is 1.64. The summed E-state index contributed by atoms with van der Waals surface area (Å²) in [6.45, 7) is 3.58. The maximum absolute atomic E-state index is 9.95. The Hall–Kier alpha value is -2.41. The summed E-state index contributed by atoms with van der Waals surface area (Å²) >= 11 is 0. The molecule has 92 valence electrons. The summed E-state index contributed by atoms with van der Waals surface area (Å²) < 4.78 is 0. The largest absolute Gasteiger partial charge is 0.299 e. The van der Waals surface area contributed by atoms with Crippen LogP contribution in [0.3, 0.4) is 0 Å². The molecule has 0 unspecified atom stereocenters. The van der Waals surface area contributed by atoms with Crippen LogP contribution < -0.4 is 0 Å². The van der Waals surface area contributed by atoms with E-state index in [1.807, 2.05) is 66.8 Å². The van der Waals surface area contributed by atoms with Crippen LogP contribution in [0, 0.1) is 0 Å². The molecule has 0 aromatic carbocycles. The van der Waals surface area contributed by atoms with Crippen LogP contribution >= 0.6 is 0 Å². The number of carbonyl (C=O) groups is 1. The van der Waals surface area contributed by atoms with E-state index in [2.05, 4.69) is 6.58 Å². The molecular formula is C17H18O. The topological polar surface area (TPSA) is 17.1 Å². The van der Waals surface area contributed by atoms with Crippen LogP contribution in [0.25, 0.3) is 0 Å². The molecule has 0 rings (SSSR count). The Bertz CT molecular complexity index is 373. The fourth-order valence-corrected chi connectivity index (χ4v) is 0.894. The van der Waals surface area contributed by atoms with E-state index in [1.54, 1.807) is 18.2 Å². The minimum absolute atomic E-state index is 0.747. The molecule has 0 heterocycles. The first-order valence-corrected chi connectivity index (χ1v) is 5.64. The fourth-order valence-electron chi connectivity index (χ4n) is 0.894. The quantitative estimate of drug-likeness (QED) is 0.351. The van der Waals surface area contributed by atoms with Crippen molar-refractivity contribution in [1.29, 1.82) is 0 Å². The molecule has 0 saturated heterocycles. The van der Waals surface area contributed by atoms with Crippen LogP contribution in [0.1, 0.15) is 0 Å². The van der Waals surface area contributed by atoms with Gasteiger partial charge in [-0.15, -0.1) is 0 Å². The molecule has 0 aromatic rings. The molecule has 0 spiro atoms. The van der Waals surface area contributed by atoms with E-state index in [4.69, 9.17) is 0 Å². The summed E-state index contributed by atoms with van der Waals surface area (Å²) in [7, 11) is 0. The molecule has 1 heteroatoms. The molecule has 0 aliphatic heterocycles. The number of aldehydes is 1. The van der Waals surface area contributed by atoms with Crippen molar-refractivity contribution in [2.24, 2.45) is 0 Å². The summed E-state index contributed by atoms with van der Waals surface area (Å²) in [5, 5.41) is 0. The zero-order chi connectivity index (χ0) is 13.3. The summed E-state index contributed by atoms with van der Waals surface area (Å²) in [6, 6.07) is 0. The van der Waals surface area contributed by atoms with Gasteiger partial charge in [0.25, 0.3) is 0 Å².